The quantitative estimate of drug-likeness (QED) is 0.721. The second-order valence-corrected chi connectivity index (χ2v) is 8.98. The lowest BCUT2D eigenvalue weighted by Gasteiger charge is -2.41. The molecule has 29 heavy (non-hydrogen) atoms. The Morgan fingerprint density at radius 1 is 1.03 bits per heavy atom. The van der Waals surface area contributed by atoms with Gasteiger partial charge in [-0.05, 0) is 62.8 Å². The van der Waals surface area contributed by atoms with Crippen LogP contribution in [0.3, 0.4) is 0 Å². The average Bonchev–Trinajstić information content (AvgIpc) is 3.21. The predicted molar refractivity (Wildman–Crippen MR) is 114 cm³/mol. The Hall–Kier alpha value is -1.79. The minimum atomic E-state index is -0.434. The van der Waals surface area contributed by atoms with E-state index in [1.165, 1.54) is 30.5 Å². The minimum Gasteiger partial charge on any atom is -0.369 e. The maximum Gasteiger partial charge on any atom is 0.324 e. The SMILES string of the molecule is CC1CCCCN1c1ccc2c(c1)CCCN2C(=O)N1CCC2(CC1)OCCO2. The smallest absolute Gasteiger partial charge is 0.324 e. The van der Waals surface area contributed by atoms with Crippen molar-refractivity contribution >= 4 is 17.4 Å². The van der Waals surface area contributed by atoms with Gasteiger partial charge in [-0.3, -0.25) is 4.90 Å². The maximum atomic E-state index is 13.3. The molecule has 1 aromatic carbocycles. The van der Waals surface area contributed by atoms with E-state index in [1.807, 2.05) is 9.80 Å². The van der Waals surface area contributed by atoms with Crippen molar-refractivity contribution in [1.29, 1.82) is 0 Å². The Morgan fingerprint density at radius 3 is 2.59 bits per heavy atom. The normalized spacial score (nSPS) is 26.7. The van der Waals surface area contributed by atoms with Crippen molar-refractivity contribution < 1.29 is 14.3 Å². The number of ether oxygens (including phenoxy) is 2. The second-order valence-electron chi connectivity index (χ2n) is 8.98. The highest BCUT2D eigenvalue weighted by Crippen LogP contribution is 2.35. The van der Waals surface area contributed by atoms with E-state index in [0.717, 1.165) is 44.5 Å². The number of benzene rings is 1. The third-order valence-electron chi connectivity index (χ3n) is 7.16. The number of rotatable bonds is 1. The largest absolute Gasteiger partial charge is 0.369 e. The van der Waals surface area contributed by atoms with Gasteiger partial charge in [0.1, 0.15) is 0 Å². The highest BCUT2D eigenvalue weighted by Gasteiger charge is 2.41. The first-order valence-electron chi connectivity index (χ1n) is 11.4. The van der Waals surface area contributed by atoms with Crippen molar-refractivity contribution in [3.8, 4) is 0 Å². The number of fused-ring (bicyclic) bond motifs is 1. The van der Waals surface area contributed by atoms with Gasteiger partial charge in [0, 0.05) is 56.4 Å². The van der Waals surface area contributed by atoms with Gasteiger partial charge in [-0.2, -0.15) is 0 Å². The van der Waals surface area contributed by atoms with Gasteiger partial charge in [-0.15, -0.1) is 0 Å². The van der Waals surface area contributed by atoms with Crippen LogP contribution in [0.25, 0.3) is 0 Å². The molecule has 158 valence electrons. The van der Waals surface area contributed by atoms with Gasteiger partial charge >= 0.3 is 6.03 Å². The van der Waals surface area contributed by atoms with Crippen LogP contribution < -0.4 is 9.80 Å². The molecule has 3 fully saturated rings. The lowest BCUT2D eigenvalue weighted by Crippen LogP contribution is -2.52. The van der Waals surface area contributed by atoms with Crippen LogP contribution in [-0.2, 0) is 15.9 Å². The molecular weight excluding hydrogens is 366 g/mol. The second kappa shape index (κ2) is 7.80. The molecule has 3 saturated heterocycles. The van der Waals surface area contributed by atoms with E-state index in [9.17, 15) is 4.79 Å². The van der Waals surface area contributed by atoms with E-state index in [1.54, 1.807) is 0 Å². The summed E-state index contributed by atoms with van der Waals surface area (Å²) in [4.78, 5) is 19.8. The van der Waals surface area contributed by atoms with Crippen LogP contribution in [0.15, 0.2) is 18.2 Å². The molecule has 0 aromatic heterocycles. The summed E-state index contributed by atoms with van der Waals surface area (Å²) >= 11 is 0. The molecule has 2 amide bonds. The van der Waals surface area contributed by atoms with Crippen molar-refractivity contribution in [3.05, 3.63) is 23.8 Å². The number of carbonyl (C=O) groups excluding carboxylic acids is 1. The zero-order chi connectivity index (χ0) is 19.8. The van der Waals surface area contributed by atoms with Gasteiger partial charge in [0.05, 0.1) is 13.2 Å². The molecule has 4 heterocycles. The van der Waals surface area contributed by atoms with Gasteiger partial charge in [0.25, 0.3) is 0 Å². The Morgan fingerprint density at radius 2 is 1.83 bits per heavy atom. The van der Waals surface area contributed by atoms with Crippen LogP contribution in [0, 0.1) is 0 Å². The third-order valence-corrected chi connectivity index (χ3v) is 7.16. The number of hydrogen-bond donors (Lipinski definition) is 0. The molecule has 1 spiro atoms. The maximum absolute atomic E-state index is 13.3. The molecule has 1 unspecified atom stereocenters. The number of carbonyl (C=O) groups is 1. The van der Waals surface area contributed by atoms with E-state index in [0.29, 0.717) is 32.3 Å². The van der Waals surface area contributed by atoms with Crippen molar-refractivity contribution in [2.45, 2.75) is 63.7 Å². The molecular formula is C23H33N3O3. The third kappa shape index (κ3) is 3.61. The Bertz CT molecular complexity index is 752. The molecule has 6 nitrogen and oxygen atoms in total. The minimum absolute atomic E-state index is 0.137. The number of likely N-dealkylation sites (tertiary alicyclic amines) is 1. The summed E-state index contributed by atoms with van der Waals surface area (Å²) in [5, 5.41) is 0. The summed E-state index contributed by atoms with van der Waals surface area (Å²) in [7, 11) is 0. The number of nitrogens with zero attached hydrogens (tertiary/aromatic N) is 3. The molecule has 1 atom stereocenters. The van der Waals surface area contributed by atoms with E-state index in [4.69, 9.17) is 9.47 Å². The van der Waals surface area contributed by atoms with Gasteiger partial charge in [-0.1, -0.05) is 0 Å². The highest BCUT2D eigenvalue weighted by molar-refractivity contribution is 5.93. The molecule has 4 aliphatic heterocycles. The monoisotopic (exact) mass is 399 g/mol. The molecule has 4 aliphatic rings. The summed E-state index contributed by atoms with van der Waals surface area (Å²) in [6.45, 7) is 7.02. The van der Waals surface area contributed by atoms with E-state index in [2.05, 4.69) is 30.0 Å². The van der Waals surface area contributed by atoms with Crippen LogP contribution in [0.1, 0.15) is 51.0 Å². The molecule has 5 rings (SSSR count). The number of hydrogen-bond acceptors (Lipinski definition) is 4. The Kier molecular flexibility index (Phi) is 5.16. The molecule has 0 saturated carbocycles. The summed E-state index contributed by atoms with van der Waals surface area (Å²) in [6, 6.07) is 7.47. The number of urea groups is 1. The fraction of sp³-hybridized carbons (Fsp3) is 0.696. The van der Waals surface area contributed by atoms with Gasteiger partial charge in [0.2, 0.25) is 0 Å². The molecule has 0 N–H and O–H groups in total. The number of amides is 2. The summed E-state index contributed by atoms with van der Waals surface area (Å²) < 4.78 is 11.6. The van der Waals surface area contributed by atoms with Gasteiger partial charge in [-0.25, -0.2) is 4.79 Å². The molecule has 6 heteroatoms. The zero-order valence-corrected chi connectivity index (χ0v) is 17.6. The topological polar surface area (TPSA) is 45.2 Å². The summed E-state index contributed by atoms with van der Waals surface area (Å²) in [5.41, 5.74) is 3.74. The van der Waals surface area contributed by atoms with Crippen molar-refractivity contribution in [3.63, 3.8) is 0 Å². The number of aryl methyl sites for hydroxylation is 1. The van der Waals surface area contributed by atoms with E-state index in [-0.39, 0.29) is 6.03 Å². The van der Waals surface area contributed by atoms with Crippen molar-refractivity contribution in [2.75, 3.05) is 49.2 Å². The predicted octanol–water partition coefficient (Wildman–Crippen LogP) is 3.78. The summed E-state index contributed by atoms with van der Waals surface area (Å²) in [6.07, 6.45) is 7.50. The van der Waals surface area contributed by atoms with E-state index < -0.39 is 5.79 Å². The number of piperidine rings is 2. The average molecular weight is 400 g/mol. The first kappa shape index (κ1) is 19.2. The highest BCUT2D eigenvalue weighted by atomic mass is 16.7. The Labute approximate surface area is 173 Å². The lowest BCUT2D eigenvalue weighted by atomic mass is 9.98. The molecule has 1 aromatic rings. The molecule has 0 radical (unpaired) electrons. The Balaban J connectivity index is 1.31. The molecule has 0 bridgehead atoms. The van der Waals surface area contributed by atoms with E-state index >= 15 is 0 Å². The first-order chi connectivity index (χ1) is 14.2. The zero-order valence-electron chi connectivity index (χ0n) is 17.6. The van der Waals surface area contributed by atoms with Crippen LogP contribution in [0.5, 0.6) is 0 Å². The van der Waals surface area contributed by atoms with Crippen molar-refractivity contribution in [1.82, 2.24) is 4.90 Å². The van der Waals surface area contributed by atoms with Gasteiger partial charge < -0.3 is 19.3 Å². The van der Waals surface area contributed by atoms with Crippen LogP contribution in [-0.4, -0.2) is 62.2 Å². The lowest BCUT2D eigenvalue weighted by molar-refractivity contribution is -0.181. The van der Waals surface area contributed by atoms with Crippen LogP contribution in [0.4, 0.5) is 16.2 Å². The fourth-order valence-electron chi connectivity index (χ4n) is 5.44. The van der Waals surface area contributed by atoms with Crippen LogP contribution in [0.2, 0.25) is 0 Å². The standard InChI is InChI=1S/C23H33N3O3/c1-18-5-2-3-11-25(18)20-7-8-21-19(17-20)6-4-12-26(21)22(27)24-13-9-23(10-14-24)28-15-16-29-23/h7-8,17-18H,2-6,9-16H2,1H3. The van der Waals surface area contributed by atoms with Crippen LogP contribution >= 0.6 is 0 Å². The van der Waals surface area contributed by atoms with Gasteiger partial charge in [0.15, 0.2) is 5.79 Å². The summed E-state index contributed by atoms with van der Waals surface area (Å²) in [5.74, 6) is -0.434. The number of anilines is 2. The van der Waals surface area contributed by atoms with Crippen molar-refractivity contribution in [2.24, 2.45) is 0 Å². The first-order valence-corrected chi connectivity index (χ1v) is 11.4. The molecule has 0 aliphatic carbocycles. The fourth-order valence-corrected chi connectivity index (χ4v) is 5.44.